The summed E-state index contributed by atoms with van der Waals surface area (Å²) < 4.78 is 0.968. The van der Waals surface area contributed by atoms with Gasteiger partial charge in [-0.1, -0.05) is 35.8 Å². The van der Waals surface area contributed by atoms with Gasteiger partial charge in [-0.15, -0.1) is 0 Å². The number of halogens is 1. The van der Waals surface area contributed by atoms with Gasteiger partial charge in [-0.2, -0.15) is 0 Å². The molecular formula is C18H25BrN2O2. The summed E-state index contributed by atoms with van der Waals surface area (Å²) in [5.74, 6) is -0.230. The van der Waals surface area contributed by atoms with Crippen LogP contribution in [-0.2, 0) is 9.59 Å². The first kappa shape index (κ1) is 18.0. The largest absolute Gasteiger partial charge is 0.342 e. The number of benzene rings is 1. The first-order valence-electron chi connectivity index (χ1n) is 8.33. The molecule has 0 aromatic heterocycles. The quantitative estimate of drug-likeness (QED) is 0.777. The average Bonchev–Trinajstić information content (AvgIpc) is 3.31. The predicted octanol–water partition coefficient (Wildman–Crippen LogP) is 3.98. The van der Waals surface area contributed by atoms with Crippen LogP contribution in [0.5, 0.6) is 0 Å². The number of carbonyl (C=O) groups is 2. The SMILES string of the molecule is CCCN(CCC)C(=O)C1CC1C(=O)Nc1ccc(C)c(Br)c1. The number of hydrogen-bond donors (Lipinski definition) is 1. The van der Waals surface area contributed by atoms with E-state index >= 15 is 0 Å². The summed E-state index contributed by atoms with van der Waals surface area (Å²) in [6, 6.07) is 5.74. The molecule has 0 saturated heterocycles. The lowest BCUT2D eigenvalue weighted by Crippen LogP contribution is -2.34. The topological polar surface area (TPSA) is 49.4 Å². The van der Waals surface area contributed by atoms with Crippen LogP contribution in [0, 0.1) is 18.8 Å². The van der Waals surface area contributed by atoms with Crippen molar-refractivity contribution >= 4 is 33.4 Å². The number of nitrogens with zero attached hydrogens (tertiary/aromatic N) is 1. The van der Waals surface area contributed by atoms with Crippen LogP contribution >= 0.6 is 15.9 Å². The molecule has 0 aliphatic heterocycles. The van der Waals surface area contributed by atoms with Gasteiger partial charge in [-0.25, -0.2) is 0 Å². The molecule has 1 fully saturated rings. The van der Waals surface area contributed by atoms with E-state index in [1.54, 1.807) is 0 Å². The molecule has 0 bridgehead atoms. The molecule has 1 saturated carbocycles. The molecule has 0 radical (unpaired) electrons. The van der Waals surface area contributed by atoms with Gasteiger partial charge in [0.1, 0.15) is 0 Å². The number of nitrogens with one attached hydrogen (secondary N) is 1. The Bertz CT molecular complexity index is 582. The number of rotatable bonds is 7. The Hall–Kier alpha value is -1.36. The van der Waals surface area contributed by atoms with Gasteiger partial charge in [-0.05, 0) is 43.9 Å². The van der Waals surface area contributed by atoms with E-state index in [2.05, 4.69) is 35.1 Å². The molecule has 1 aromatic rings. The van der Waals surface area contributed by atoms with Crippen LogP contribution in [0.25, 0.3) is 0 Å². The second-order valence-corrected chi connectivity index (χ2v) is 7.08. The van der Waals surface area contributed by atoms with Gasteiger partial charge >= 0.3 is 0 Å². The minimum Gasteiger partial charge on any atom is -0.342 e. The third-order valence-corrected chi connectivity index (χ3v) is 5.04. The Morgan fingerprint density at radius 2 is 1.87 bits per heavy atom. The number of hydrogen-bond acceptors (Lipinski definition) is 2. The van der Waals surface area contributed by atoms with Gasteiger partial charge in [0.15, 0.2) is 0 Å². The highest BCUT2D eigenvalue weighted by Gasteiger charge is 2.49. The molecular weight excluding hydrogens is 356 g/mol. The molecule has 4 nitrogen and oxygen atoms in total. The van der Waals surface area contributed by atoms with E-state index in [4.69, 9.17) is 0 Å². The normalized spacial score (nSPS) is 19.3. The van der Waals surface area contributed by atoms with Crippen molar-refractivity contribution < 1.29 is 9.59 Å². The van der Waals surface area contributed by atoms with Gasteiger partial charge in [0, 0.05) is 23.2 Å². The molecule has 1 aliphatic rings. The van der Waals surface area contributed by atoms with Crippen LogP contribution in [0.15, 0.2) is 22.7 Å². The molecule has 2 atom stereocenters. The van der Waals surface area contributed by atoms with E-state index in [9.17, 15) is 9.59 Å². The fourth-order valence-electron chi connectivity index (χ4n) is 2.77. The van der Waals surface area contributed by atoms with Crippen molar-refractivity contribution in [1.29, 1.82) is 0 Å². The summed E-state index contributed by atoms with van der Waals surface area (Å²) >= 11 is 3.47. The van der Waals surface area contributed by atoms with Crippen LogP contribution in [0.4, 0.5) is 5.69 Å². The molecule has 5 heteroatoms. The standard InChI is InChI=1S/C18H25BrN2O2/c1-4-8-21(9-5-2)18(23)15-11-14(15)17(22)20-13-7-6-12(3)16(19)10-13/h6-7,10,14-15H,4-5,8-9,11H2,1-3H3,(H,20,22). The summed E-state index contributed by atoms with van der Waals surface area (Å²) in [6.07, 6.45) is 2.57. The summed E-state index contributed by atoms with van der Waals surface area (Å²) in [6.45, 7) is 7.71. The van der Waals surface area contributed by atoms with Crippen LogP contribution in [-0.4, -0.2) is 29.8 Å². The Balaban J connectivity index is 1.92. The van der Waals surface area contributed by atoms with Crippen molar-refractivity contribution in [2.24, 2.45) is 11.8 Å². The lowest BCUT2D eigenvalue weighted by Gasteiger charge is -2.21. The first-order valence-corrected chi connectivity index (χ1v) is 9.13. The molecule has 0 heterocycles. The van der Waals surface area contributed by atoms with Crippen LogP contribution in [0.1, 0.15) is 38.7 Å². The molecule has 23 heavy (non-hydrogen) atoms. The van der Waals surface area contributed by atoms with Crippen LogP contribution in [0.2, 0.25) is 0 Å². The second kappa shape index (κ2) is 7.95. The van der Waals surface area contributed by atoms with Crippen molar-refractivity contribution in [3.8, 4) is 0 Å². The van der Waals surface area contributed by atoms with E-state index in [1.807, 2.05) is 30.0 Å². The van der Waals surface area contributed by atoms with Gasteiger partial charge in [0.2, 0.25) is 11.8 Å². The minimum atomic E-state index is -0.182. The number of carbonyl (C=O) groups excluding carboxylic acids is 2. The van der Waals surface area contributed by atoms with Crippen LogP contribution in [0.3, 0.4) is 0 Å². The Morgan fingerprint density at radius 1 is 1.22 bits per heavy atom. The molecule has 2 amide bonds. The van der Waals surface area contributed by atoms with Gasteiger partial charge in [-0.3, -0.25) is 9.59 Å². The van der Waals surface area contributed by atoms with Crippen molar-refractivity contribution in [3.63, 3.8) is 0 Å². The third-order valence-electron chi connectivity index (χ3n) is 4.18. The maximum Gasteiger partial charge on any atom is 0.228 e. The number of amides is 2. The lowest BCUT2D eigenvalue weighted by atomic mass is 10.2. The highest BCUT2D eigenvalue weighted by atomic mass is 79.9. The van der Waals surface area contributed by atoms with Gasteiger partial charge in [0.25, 0.3) is 0 Å². The monoisotopic (exact) mass is 380 g/mol. The maximum atomic E-state index is 12.5. The molecule has 1 aliphatic carbocycles. The lowest BCUT2D eigenvalue weighted by molar-refractivity contribution is -0.134. The van der Waals surface area contributed by atoms with Gasteiger partial charge < -0.3 is 10.2 Å². The van der Waals surface area contributed by atoms with E-state index < -0.39 is 0 Å². The van der Waals surface area contributed by atoms with Crippen molar-refractivity contribution in [3.05, 3.63) is 28.2 Å². The van der Waals surface area contributed by atoms with E-state index in [0.717, 1.165) is 41.7 Å². The van der Waals surface area contributed by atoms with Crippen LogP contribution < -0.4 is 5.32 Å². The molecule has 2 rings (SSSR count). The zero-order chi connectivity index (χ0) is 17.0. The highest BCUT2D eigenvalue weighted by Crippen LogP contribution is 2.41. The molecule has 1 aromatic carbocycles. The summed E-state index contributed by atoms with van der Waals surface area (Å²) in [5, 5.41) is 2.92. The smallest absolute Gasteiger partial charge is 0.228 e. The molecule has 2 unspecified atom stereocenters. The molecule has 0 spiro atoms. The third kappa shape index (κ3) is 4.56. The Morgan fingerprint density at radius 3 is 2.43 bits per heavy atom. The van der Waals surface area contributed by atoms with Crippen molar-refractivity contribution in [2.75, 3.05) is 18.4 Å². The van der Waals surface area contributed by atoms with E-state index in [0.29, 0.717) is 6.42 Å². The minimum absolute atomic E-state index is 0.0490. The Kier molecular flexibility index (Phi) is 6.22. The fraction of sp³-hybridized carbons (Fsp3) is 0.556. The second-order valence-electron chi connectivity index (χ2n) is 6.23. The zero-order valence-corrected chi connectivity index (χ0v) is 15.6. The first-order chi connectivity index (χ1) is 11.0. The van der Waals surface area contributed by atoms with Crippen molar-refractivity contribution in [1.82, 2.24) is 4.90 Å². The number of anilines is 1. The Labute approximate surface area is 146 Å². The number of aryl methyl sites for hydroxylation is 1. The van der Waals surface area contributed by atoms with Gasteiger partial charge in [0.05, 0.1) is 11.8 Å². The average molecular weight is 381 g/mol. The maximum absolute atomic E-state index is 12.5. The summed E-state index contributed by atoms with van der Waals surface area (Å²) in [5.41, 5.74) is 1.89. The van der Waals surface area contributed by atoms with Crippen molar-refractivity contribution in [2.45, 2.75) is 40.0 Å². The summed E-state index contributed by atoms with van der Waals surface area (Å²) in [7, 11) is 0. The summed E-state index contributed by atoms with van der Waals surface area (Å²) in [4.78, 5) is 26.7. The van der Waals surface area contributed by atoms with E-state index in [-0.39, 0.29) is 23.7 Å². The molecule has 1 N–H and O–H groups in total. The zero-order valence-electron chi connectivity index (χ0n) is 14.1. The fourth-order valence-corrected chi connectivity index (χ4v) is 3.15. The van der Waals surface area contributed by atoms with E-state index in [1.165, 1.54) is 0 Å². The molecule has 126 valence electrons. The highest BCUT2D eigenvalue weighted by molar-refractivity contribution is 9.10. The predicted molar refractivity (Wildman–Crippen MR) is 96.3 cm³/mol.